The highest BCUT2D eigenvalue weighted by molar-refractivity contribution is 9.10. The van der Waals surface area contributed by atoms with E-state index >= 15 is 0 Å². The van der Waals surface area contributed by atoms with Gasteiger partial charge in [-0.25, -0.2) is 5.43 Å². The molecule has 0 aliphatic rings. The number of carbonyl (C=O) groups excluding carboxylic acids is 1. The van der Waals surface area contributed by atoms with Crippen LogP contribution in [0.15, 0.2) is 69.1 Å². The Hall–Kier alpha value is -3.97. The van der Waals surface area contributed by atoms with E-state index in [0.717, 1.165) is 17.7 Å². The van der Waals surface area contributed by atoms with Crippen molar-refractivity contribution in [1.82, 2.24) is 5.43 Å². The Morgan fingerprint density at radius 2 is 1.81 bits per heavy atom. The molecule has 3 aromatic rings. The number of rotatable bonds is 9. The number of hydrazone groups is 1. The van der Waals surface area contributed by atoms with Crippen LogP contribution in [0.25, 0.3) is 0 Å². The minimum atomic E-state index is -4.42. The molecule has 0 spiro atoms. The second-order valence-electron chi connectivity index (χ2n) is 7.23. The summed E-state index contributed by atoms with van der Waals surface area (Å²) in [6, 6.07) is 12.5. The lowest BCUT2D eigenvalue weighted by atomic mass is 10.1. The molecule has 0 atom stereocenters. The van der Waals surface area contributed by atoms with Crippen molar-refractivity contribution in [1.29, 1.82) is 0 Å². The largest absolute Gasteiger partial charge is 0.496 e. The number of nitrogens with zero attached hydrogens (tertiary/aromatic N) is 2. The quantitative estimate of drug-likeness (QED) is 0.172. The van der Waals surface area contributed by atoms with E-state index < -0.39 is 31.5 Å². The maximum Gasteiger partial charge on any atom is 0.339 e. The Balaban J connectivity index is 1.82. The number of hydrogen-bond donors (Lipinski definition) is 1. The molecular formula is C23H20BrN3O8S. The summed E-state index contributed by atoms with van der Waals surface area (Å²) < 4.78 is 41.4. The third-order valence-corrected chi connectivity index (χ3v) is 6.55. The molecule has 36 heavy (non-hydrogen) atoms. The fourth-order valence-electron chi connectivity index (χ4n) is 3.02. The summed E-state index contributed by atoms with van der Waals surface area (Å²) >= 11 is 3.24. The lowest BCUT2D eigenvalue weighted by Gasteiger charge is -2.13. The summed E-state index contributed by atoms with van der Waals surface area (Å²) in [5.41, 5.74) is 3.67. The zero-order chi connectivity index (χ0) is 26.5. The predicted molar refractivity (Wildman–Crippen MR) is 134 cm³/mol. The standard InChI is InChI=1S/C23H20BrN3O8S/c1-14-7-8-18(20(9-14)33-2)23(28)26-25-13-15-10-19(24)22(21(11-15)34-3)35-36(31,32)17-6-4-5-16(12-17)27(29)30/h4-13H,1-3H3,(H,26,28)/b25-13-. The SMILES string of the molecule is COc1cc(C)ccc1C(=O)N/N=C\c1cc(Br)c(OS(=O)(=O)c2cccc([N+](=O)[O-])c2)c(OC)c1. The molecule has 0 bridgehead atoms. The van der Waals surface area contributed by atoms with Crippen LogP contribution in [0.3, 0.4) is 0 Å². The van der Waals surface area contributed by atoms with Crippen LogP contribution in [-0.4, -0.2) is 39.7 Å². The van der Waals surface area contributed by atoms with Gasteiger partial charge in [0.25, 0.3) is 11.6 Å². The van der Waals surface area contributed by atoms with E-state index in [0.29, 0.717) is 16.9 Å². The molecule has 0 saturated heterocycles. The molecule has 0 radical (unpaired) electrons. The Labute approximate surface area is 215 Å². The summed E-state index contributed by atoms with van der Waals surface area (Å²) in [5.74, 6) is -0.225. The highest BCUT2D eigenvalue weighted by Gasteiger charge is 2.24. The smallest absolute Gasteiger partial charge is 0.339 e. The molecule has 0 fully saturated rings. The van der Waals surface area contributed by atoms with Crippen molar-refractivity contribution < 1.29 is 31.8 Å². The van der Waals surface area contributed by atoms with Crippen LogP contribution in [-0.2, 0) is 10.1 Å². The van der Waals surface area contributed by atoms with Crippen LogP contribution >= 0.6 is 15.9 Å². The molecule has 188 valence electrons. The molecule has 0 aromatic heterocycles. The lowest BCUT2D eigenvalue weighted by Crippen LogP contribution is -2.18. The molecule has 13 heteroatoms. The number of non-ortho nitro benzene ring substituents is 1. The number of nitro groups is 1. The van der Waals surface area contributed by atoms with E-state index in [4.69, 9.17) is 13.7 Å². The molecule has 1 N–H and O–H groups in total. The fraction of sp³-hybridized carbons (Fsp3) is 0.130. The van der Waals surface area contributed by atoms with Gasteiger partial charge in [0.15, 0.2) is 11.5 Å². The Kier molecular flexibility index (Phi) is 8.27. The Morgan fingerprint density at radius 3 is 2.47 bits per heavy atom. The van der Waals surface area contributed by atoms with Crippen molar-refractivity contribution in [3.63, 3.8) is 0 Å². The first-order valence-electron chi connectivity index (χ1n) is 10.1. The van der Waals surface area contributed by atoms with Crippen LogP contribution in [0.5, 0.6) is 17.2 Å². The van der Waals surface area contributed by atoms with Crippen molar-refractivity contribution in [3.8, 4) is 17.2 Å². The number of nitrogens with one attached hydrogen (secondary N) is 1. The number of amides is 1. The number of aryl methyl sites for hydroxylation is 1. The maximum absolute atomic E-state index is 12.7. The van der Waals surface area contributed by atoms with E-state index in [-0.39, 0.29) is 16.0 Å². The number of halogens is 1. The Morgan fingerprint density at radius 1 is 1.08 bits per heavy atom. The first-order valence-corrected chi connectivity index (χ1v) is 12.3. The normalized spacial score (nSPS) is 11.2. The van der Waals surface area contributed by atoms with Gasteiger partial charge in [-0.15, -0.1) is 0 Å². The second kappa shape index (κ2) is 11.2. The maximum atomic E-state index is 12.7. The number of hydrogen-bond acceptors (Lipinski definition) is 9. The monoisotopic (exact) mass is 577 g/mol. The van der Waals surface area contributed by atoms with Crippen LogP contribution in [0.1, 0.15) is 21.5 Å². The summed E-state index contributed by atoms with van der Waals surface area (Å²) in [5, 5.41) is 14.9. The van der Waals surface area contributed by atoms with Crippen molar-refractivity contribution in [2.24, 2.45) is 5.10 Å². The minimum absolute atomic E-state index is 0.0337. The highest BCUT2D eigenvalue weighted by atomic mass is 79.9. The van der Waals surface area contributed by atoms with Crippen molar-refractivity contribution in [2.45, 2.75) is 11.8 Å². The van der Waals surface area contributed by atoms with E-state index in [1.807, 2.05) is 6.92 Å². The number of nitro benzene ring substituents is 1. The summed E-state index contributed by atoms with van der Waals surface area (Å²) in [7, 11) is -1.66. The van der Waals surface area contributed by atoms with Gasteiger partial charge in [0.2, 0.25) is 0 Å². The van der Waals surface area contributed by atoms with Gasteiger partial charge in [0.1, 0.15) is 10.6 Å². The first kappa shape index (κ1) is 26.6. The fourth-order valence-corrected chi connectivity index (χ4v) is 4.66. The van der Waals surface area contributed by atoms with E-state index in [2.05, 4.69) is 26.5 Å². The molecular weight excluding hydrogens is 558 g/mol. The van der Waals surface area contributed by atoms with Gasteiger partial charge in [-0.3, -0.25) is 14.9 Å². The molecule has 0 heterocycles. The molecule has 0 unspecified atom stereocenters. The van der Waals surface area contributed by atoms with Gasteiger partial charge >= 0.3 is 10.1 Å². The molecule has 3 rings (SSSR count). The molecule has 11 nitrogen and oxygen atoms in total. The van der Waals surface area contributed by atoms with E-state index in [1.54, 1.807) is 18.2 Å². The molecule has 0 aliphatic carbocycles. The third kappa shape index (κ3) is 6.17. The second-order valence-corrected chi connectivity index (χ2v) is 9.63. The average Bonchev–Trinajstić information content (AvgIpc) is 2.85. The van der Waals surface area contributed by atoms with E-state index in [9.17, 15) is 23.3 Å². The van der Waals surface area contributed by atoms with Gasteiger partial charge in [-0.05, 0) is 64.3 Å². The van der Waals surface area contributed by atoms with Crippen molar-refractivity contribution in [3.05, 3.63) is 85.9 Å². The van der Waals surface area contributed by atoms with Crippen LogP contribution in [0.2, 0.25) is 0 Å². The lowest BCUT2D eigenvalue weighted by molar-refractivity contribution is -0.385. The first-order chi connectivity index (χ1) is 17.1. The van der Waals surface area contributed by atoms with Crippen molar-refractivity contribution >= 4 is 43.9 Å². The molecule has 1 amide bonds. The predicted octanol–water partition coefficient (Wildman–Crippen LogP) is 4.21. The number of benzene rings is 3. The summed E-state index contributed by atoms with van der Waals surface area (Å²) in [6.07, 6.45) is 1.32. The van der Waals surface area contributed by atoms with Gasteiger partial charge < -0.3 is 13.7 Å². The molecule has 0 saturated carbocycles. The van der Waals surface area contributed by atoms with Gasteiger partial charge in [-0.1, -0.05) is 12.1 Å². The molecule has 0 aliphatic heterocycles. The number of ether oxygens (including phenoxy) is 2. The van der Waals surface area contributed by atoms with Crippen molar-refractivity contribution in [2.75, 3.05) is 14.2 Å². The Bertz CT molecular complexity index is 1460. The summed E-state index contributed by atoms with van der Waals surface area (Å²) in [4.78, 5) is 22.3. The topological polar surface area (TPSA) is 146 Å². The molecule has 3 aromatic carbocycles. The van der Waals surface area contributed by atoms with Crippen LogP contribution in [0.4, 0.5) is 5.69 Å². The zero-order valence-electron chi connectivity index (χ0n) is 19.2. The summed E-state index contributed by atoms with van der Waals surface area (Å²) in [6.45, 7) is 1.87. The number of carbonyl (C=O) groups is 1. The van der Waals surface area contributed by atoms with E-state index in [1.165, 1.54) is 44.7 Å². The van der Waals surface area contributed by atoms with Gasteiger partial charge in [-0.2, -0.15) is 13.5 Å². The van der Waals surface area contributed by atoms with Gasteiger partial charge in [0.05, 0.1) is 35.4 Å². The highest BCUT2D eigenvalue weighted by Crippen LogP contribution is 2.38. The number of methoxy groups -OCH3 is 2. The van der Waals surface area contributed by atoms with Crippen LogP contribution in [0, 0.1) is 17.0 Å². The average molecular weight is 578 g/mol. The minimum Gasteiger partial charge on any atom is -0.496 e. The van der Waals surface area contributed by atoms with Gasteiger partial charge in [0, 0.05) is 12.1 Å². The third-order valence-electron chi connectivity index (χ3n) is 4.74. The zero-order valence-corrected chi connectivity index (χ0v) is 21.6. The van der Waals surface area contributed by atoms with Crippen LogP contribution < -0.4 is 19.1 Å².